The SMILES string of the molecule is C=C/C=C(\C=C)c1ccc(F)c[n+]1O.CC. The van der Waals surface area contributed by atoms with Crippen LogP contribution in [-0.2, 0) is 0 Å². The number of pyridine rings is 1. The van der Waals surface area contributed by atoms with Crippen LogP contribution in [0.3, 0.4) is 0 Å². The second-order valence-electron chi connectivity index (χ2n) is 2.64. The first kappa shape index (κ1) is 14.1. The number of halogens is 1. The summed E-state index contributed by atoms with van der Waals surface area (Å²) >= 11 is 0. The molecule has 0 aliphatic rings. The molecule has 16 heavy (non-hydrogen) atoms. The molecule has 1 aromatic heterocycles. The van der Waals surface area contributed by atoms with E-state index in [1.165, 1.54) is 12.1 Å². The Hall–Kier alpha value is -1.90. The zero-order valence-electron chi connectivity index (χ0n) is 9.65. The molecular formula is C13H17FNO+. The Morgan fingerprint density at radius 3 is 2.44 bits per heavy atom. The van der Waals surface area contributed by atoms with Crippen LogP contribution in [0, 0.1) is 5.82 Å². The van der Waals surface area contributed by atoms with Crippen molar-refractivity contribution >= 4 is 5.57 Å². The summed E-state index contributed by atoms with van der Waals surface area (Å²) in [7, 11) is 0. The van der Waals surface area contributed by atoms with Gasteiger partial charge in [0.15, 0.2) is 5.82 Å². The van der Waals surface area contributed by atoms with E-state index in [0.717, 1.165) is 6.20 Å². The molecule has 0 fully saturated rings. The summed E-state index contributed by atoms with van der Waals surface area (Å²) in [4.78, 5) is 0. The monoisotopic (exact) mass is 222 g/mol. The summed E-state index contributed by atoms with van der Waals surface area (Å²) in [6.45, 7) is 11.1. The van der Waals surface area contributed by atoms with Gasteiger partial charge in [-0.15, -0.1) is 0 Å². The number of allylic oxidation sites excluding steroid dienone is 4. The molecule has 3 heteroatoms. The Bertz CT molecular complexity index is 397. The van der Waals surface area contributed by atoms with Gasteiger partial charge >= 0.3 is 0 Å². The third-order valence-corrected chi connectivity index (χ3v) is 1.71. The number of aromatic nitrogens is 1. The van der Waals surface area contributed by atoms with Gasteiger partial charge in [-0.05, 0) is 12.1 Å². The lowest BCUT2D eigenvalue weighted by Gasteiger charge is -1.96. The van der Waals surface area contributed by atoms with Gasteiger partial charge in [-0.3, -0.25) is 5.21 Å². The molecule has 1 heterocycles. The molecule has 1 rings (SSSR count). The molecule has 0 amide bonds. The van der Waals surface area contributed by atoms with E-state index in [2.05, 4.69) is 13.2 Å². The second-order valence-corrected chi connectivity index (χ2v) is 2.64. The second kappa shape index (κ2) is 7.40. The summed E-state index contributed by atoms with van der Waals surface area (Å²) in [6, 6.07) is 2.73. The van der Waals surface area contributed by atoms with E-state index >= 15 is 0 Å². The maximum Gasteiger partial charge on any atom is 0.264 e. The van der Waals surface area contributed by atoms with Gasteiger partial charge in [-0.1, -0.05) is 39.2 Å². The minimum absolute atomic E-state index is 0.460. The van der Waals surface area contributed by atoms with Crippen LogP contribution in [0.5, 0.6) is 0 Å². The average Bonchev–Trinajstić information content (AvgIpc) is 2.29. The highest BCUT2D eigenvalue weighted by Gasteiger charge is 2.13. The van der Waals surface area contributed by atoms with Crippen LogP contribution in [0.1, 0.15) is 19.5 Å². The normalized spacial score (nSPS) is 10.1. The van der Waals surface area contributed by atoms with Crippen LogP contribution >= 0.6 is 0 Å². The summed E-state index contributed by atoms with van der Waals surface area (Å²) < 4.78 is 13.4. The van der Waals surface area contributed by atoms with Gasteiger partial charge in [0.2, 0.25) is 0 Å². The highest BCUT2D eigenvalue weighted by molar-refractivity contribution is 5.70. The molecule has 0 aliphatic carbocycles. The zero-order valence-corrected chi connectivity index (χ0v) is 9.65. The van der Waals surface area contributed by atoms with Gasteiger partial charge in [0.25, 0.3) is 11.9 Å². The van der Waals surface area contributed by atoms with Crippen molar-refractivity contribution in [1.82, 2.24) is 0 Å². The van der Waals surface area contributed by atoms with Gasteiger partial charge < -0.3 is 0 Å². The molecule has 1 N–H and O–H groups in total. The number of nitrogens with zero attached hydrogens (tertiary/aromatic N) is 1. The van der Waals surface area contributed by atoms with E-state index < -0.39 is 5.82 Å². The fourth-order valence-corrected chi connectivity index (χ4v) is 1.08. The van der Waals surface area contributed by atoms with Crippen LogP contribution in [0.2, 0.25) is 0 Å². The Morgan fingerprint density at radius 1 is 1.38 bits per heavy atom. The Balaban J connectivity index is 0.00000106. The molecule has 0 aromatic carbocycles. The van der Waals surface area contributed by atoms with Crippen LogP contribution in [0.15, 0.2) is 49.7 Å². The quantitative estimate of drug-likeness (QED) is 0.474. The first-order valence-electron chi connectivity index (χ1n) is 5.05. The van der Waals surface area contributed by atoms with E-state index in [9.17, 15) is 9.60 Å². The molecule has 0 spiro atoms. The maximum atomic E-state index is 12.7. The molecule has 0 bridgehead atoms. The van der Waals surface area contributed by atoms with Crippen molar-refractivity contribution in [3.63, 3.8) is 0 Å². The van der Waals surface area contributed by atoms with Crippen molar-refractivity contribution < 1.29 is 14.3 Å². The van der Waals surface area contributed by atoms with E-state index in [4.69, 9.17) is 0 Å². The largest absolute Gasteiger partial charge is 0.284 e. The summed E-state index contributed by atoms with van der Waals surface area (Å²) in [6.07, 6.45) is 5.78. The van der Waals surface area contributed by atoms with Crippen LogP contribution in [-0.4, -0.2) is 5.21 Å². The summed E-state index contributed by atoms with van der Waals surface area (Å²) in [5.74, 6) is -0.502. The van der Waals surface area contributed by atoms with Crippen molar-refractivity contribution in [3.05, 3.63) is 61.2 Å². The molecule has 0 aliphatic heterocycles. The topological polar surface area (TPSA) is 24.1 Å². The minimum atomic E-state index is -0.502. The van der Waals surface area contributed by atoms with Gasteiger partial charge in [-0.25, -0.2) is 4.39 Å². The number of hydrogen-bond donors (Lipinski definition) is 1. The lowest BCUT2D eigenvalue weighted by atomic mass is 10.1. The first-order chi connectivity index (χ1) is 7.69. The maximum absolute atomic E-state index is 12.7. The predicted octanol–water partition coefficient (Wildman–Crippen LogP) is 3.13. The van der Waals surface area contributed by atoms with E-state index in [1.807, 2.05) is 13.8 Å². The highest BCUT2D eigenvalue weighted by Crippen LogP contribution is 2.10. The van der Waals surface area contributed by atoms with Crippen molar-refractivity contribution in [3.8, 4) is 0 Å². The first-order valence-corrected chi connectivity index (χ1v) is 5.05. The molecule has 0 atom stereocenters. The van der Waals surface area contributed by atoms with Gasteiger partial charge in [0.05, 0.1) is 5.57 Å². The smallest absolute Gasteiger partial charge is 0.264 e. The number of rotatable bonds is 3. The molecule has 86 valence electrons. The average molecular weight is 222 g/mol. The fraction of sp³-hybridized carbons (Fsp3) is 0.154. The molecule has 0 saturated heterocycles. The fourth-order valence-electron chi connectivity index (χ4n) is 1.08. The molecule has 2 nitrogen and oxygen atoms in total. The summed E-state index contributed by atoms with van der Waals surface area (Å²) in [5.41, 5.74) is 1.13. The van der Waals surface area contributed by atoms with E-state index in [1.54, 1.807) is 18.2 Å². The summed E-state index contributed by atoms with van der Waals surface area (Å²) in [5, 5.41) is 9.37. The van der Waals surface area contributed by atoms with Crippen LogP contribution in [0.25, 0.3) is 5.57 Å². The minimum Gasteiger partial charge on any atom is -0.284 e. The Labute approximate surface area is 95.6 Å². The Kier molecular flexibility index (Phi) is 6.52. The molecule has 0 radical (unpaired) electrons. The molecule has 0 unspecified atom stereocenters. The third kappa shape index (κ3) is 3.69. The predicted molar refractivity (Wildman–Crippen MR) is 63.5 cm³/mol. The highest BCUT2D eigenvalue weighted by atomic mass is 19.1. The lowest BCUT2D eigenvalue weighted by molar-refractivity contribution is -0.907. The lowest BCUT2D eigenvalue weighted by Crippen LogP contribution is -2.34. The van der Waals surface area contributed by atoms with Crippen LogP contribution in [0.4, 0.5) is 4.39 Å². The zero-order chi connectivity index (χ0) is 12.6. The third-order valence-electron chi connectivity index (χ3n) is 1.71. The Morgan fingerprint density at radius 2 is 2.00 bits per heavy atom. The van der Waals surface area contributed by atoms with E-state index in [0.29, 0.717) is 16.0 Å². The van der Waals surface area contributed by atoms with Crippen molar-refractivity contribution in [2.45, 2.75) is 13.8 Å². The molecular weight excluding hydrogens is 205 g/mol. The van der Waals surface area contributed by atoms with Crippen LogP contribution < -0.4 is 4.73 Å². The van der Waals surface area contributed by atoms with Gasteiger partial charge in [0.1, 0.15) is 0 Å². The standard InChI is InChI=1S/C11H11FNO.C2H6/c1-3-5-9(4-2)11-7-6-10(12)8-13(11)14;1-2/h3-8,14H,1-2H2;1-2H3/q+1;/b9-5+;. The van der Waals surface area contributed by atoms with Gasteiger partial charge in [0, 0.05) is 10.8 Å². The van der Waals surface area contributed by atoms with Crippen molar-refractivity contribution in [2.75, 3.05) is 0 Å². The van der Waals surface area contributed by atoms with Crippen molar-refractivity contribution in [1.29, 1.82) is 0 Å². The number of hydrogen-bond acceptors (Lipinski definition) is 1. The molecule has 1 aromatic rings. The van der Waals surface area contributed by atoms with Gasteiger partial charge in [-0.2, -0.15) is 0 Å². The van der Waals surface area contributed by atoms with Crippen molar-refractivity contribution in [2.24, 2.45) is 0 Å². The molecule has 0 saturated carbocycles. The van der Waals surface area contributed by atoms with E-state index in [-0.39, 0.29) is 0 Å².